The van der Waals surface area contributed by atoms with Crippen LogP contribution in [0.25, 0.3) is 0 Å². The van der Waals surface area contributed by atoms with Gasteiger partial charge in [0.1, 0.15) is 11.8 Å². The molecular weight excluding hydrogens is 416 g/mol. The Labute approximate surface area is 165 Å². The number of ether oxygens (including phenoxy) is 1. The second-order valence-electron chi connectivity index (χ2n) is 6.55. The SMILES string of the molecule is CC(C)C(NC(=O)c1cccs1)C(=O)NC1CCOc2ccc(Br)cc21. The maximum absolute atomic E-state index is 12.9. The van der Waals surface area contributed by atoms with Crippen molar-refractivity contribution in [2.45, 2.75) is 32.4 Å². The van der Waals surface area contributed by atoms with Crippen molar-refractivity contribution in [1.82, 2.24) is 10.6 Å². The number of thiophene rings is 1. The first-order chi connectivity index (χ1) is 12.5. The second kappa shape index (κ2) is 8.22. The van der Waals surface area contributed by atoms with Gasteiger partial charge in [-0.05, 0) is 35.6 Å². The zero-order chi connectivity index (χ0) is 18.7. The summed E-state index contributed by atoms with van der Waals surface area (Å²) >= 11 is 4.83. The van der Waals surface area contributed by atoms with Gasteiger partial charge < -0.3 is 15.4 Å². The predicted octanol–water partition coefficient (Wildman–Crippen LogP) is 3.91. The summed E-state index contributed by atoms with van der Waals surface area (Å²) < 4.78 is 6.61. The first-order valence-electron chi connectivity index (χ1n) is 8.52. The molecule has 0 spiro atoms. The van der Waals surface area contributed by atoms with E-state index in [0.29, 0.717) is 17.9 Å². The first-order valence-corrected chi connectivity index (χ1v) is 10.2. The number of rotatable bonds is 5. The Hall–Kier alpha value is -1.86. The van der Waals surface area contributed by atoms with Crippen molar-refractivity contribution in [3.63, 3.8) is 0 Å². The molecule has 3 rings (SSSR count). The van der Waals surface area contributed by atoms with Crippen molar-refractivity contribution < 1.29 is 14.3 Å². The summed E-state index contributed by atoms with van der Waals surface area (Å²) in [5, 5.41) is 7.79. The van der Waals surface area contributed by atoms with E-state index in [0.717, 1.165) is 15.8 Å². The van der Waals surface area contributed by atoms with Gasteiger partial charge in [0.05, 0.1) is 17.5 Å². The normalized spacial score (nSPS) is 17.2. The summed E-state index contributed by atoms with van der Waals surface area (Å²) in [5.74, 6) is 0.362. The van der Waals surface area contributed by atoms with E-state index in [1.54, 1.807) is 6.07 Å². The van der Waals surface area contributed by atoms with Gasteiger partial charge in [-0.1, -0.05) is 35.8 Å². The standard InChI is InChI=1S/C19H21BrN2O3S/c1-11(2)17(22-18(23)16-4-3-9-26-16)19(24)21-14-7-8-25-15-6-5-12(20)10-13(14)15/h3-6,9-11,14,17H,7-8H2,1-2H3,(H,21,24)(H,22,23). The maximum atomic E-state index is 12.9. The average molecular weight is 437 g/mol. The van der Waals surface area contributed by atoms with E-state index in [1.165, 1.54) is 11.3 Å². The smallest absolute Gasteiger partial charge is 0.262 e. The molecule has 0 aliphatic carbocycles. The minimum absolute atomic E-state index is 0.0271. The molecule has 1 aliphatic rings. The summed E-state index contributed by atoms with van der Waals surface area (Å²) in [7, 11) is 0. The van der Waals surface area contributed by atoms with E-state index in [4.69, 9.17) is 4.74 Å². The van der Waals surface area contributed by atoms with Crippen LogP contribution in [0.3, 0.4) is 0 Å². The zero-order valence-corrected chi connectivity index (χ0v) is 17.0. The summed E-state index contributed by atoms with van der Waals surface area (Å²) in [6, 6.07) is 8.63. The van der Waals surface area contributed by atoms with Crippen LogP contribution in [0.2, 0.25) is 0 Å². The molecule has 0 bridgehead atoms. The van der Waals surface area contributed by atoms with E-state index in [9.17, 15) is 9.59 Å². The highest BCUT2D eigenvalue weighted by Crippen LogP contribution is 2.34. The Balaban J connectivity index is 1.73. The number of fused-ring (bicyclic) bond motifs is 1. The topological polar surface area (TPSA) is 67.4 Å². The number of benzene rings is 1. The Morgan fingerprint density at radius 1 is 1.31 bits per heavy atom. The zero-order valence-electron chi connectivity index (χ0n) is 14.6. The van der Waals surface area contributed by atoms with Gasteiger partial charge in [-0.15, -0.1) is 11.3 Å². The molecule has 1 aromatic carbocycles. The average Bonchev–Trinajstić information content (AvgIpc) is 3.14. The lowest BCUT2D eigenvalue weighted by Crippen LogP contribution is -2.50. The highest BCUT2D eigenvalue weighted by atomic mass is 79.9. The number of hydrogen-bond donors (Lipinski definition) is 2. The van der Waals surface area contributed by atoms with E-state index in [1.807, 2.05) is 43.5 Å². The van der Waals surface area contributed by atoms with Crippen molar-refractivity contribution >= 4 is 39.1 Å². The summed E-state index contributed by atoms with van der Waals surface area (Å²) in [4.78, 5) is 25.8. The molecule has 7 heteroatoms. The third kappa shape index (κ3) is 4.27. The Morgan fingerprint density at radius 3 is 2.81 bits per heavy atom. The van der Waals surface area contributed by atoms with Crippen LogP contribution in [0.1, 0.15) is 41.5 Å². The molecule has 2 heterocycles. The van der Waals surface area contributed by atoms with Gasteiger partial charge in [-0.25, -0.2) is 0 Å². The fourth-order valence-corrected chi connectivity index (χ4v) is 3.94. The van der Waals surface area contributed by atoms with Crippen molar-refractivity contribution in [3.8, 4) is 5.75 Å². The van der Waals surface area contributed by atoms with Crippen LogP contribution in [0.15, 0.2) is 40.2 Å². The van der Waals surface area contributed by atoms with E-state index in [2.05, 4.69) is 26.6 Å². The molecule has 138 valence electrons. The molecule has 0 saturated carbocycles. The number of nitrogens with one attached hydrogen (secondary N) is 2. The van der Waals surface area contributed by atoms with Crippen molar-refractivity contribution in [2.75, 3.05) is 6.61 Å². The van der Waals surface area contributed by atoms with Crippen LogP contribution >= 0.6 is 27.3 Å². The molecule has 5 nitrogen and oxygen atoms in total. The molecular formula is C19H21BrN2O3S. The third-order valence-electron chi connectivity index (χ3n) is 4.31. The highest BCUT2D eigenvalue weighted by Gasteiger charge is 2.29. The van der Waals surface area contributed by atoms with Crippen LogP contribution in [-0.2, 0) is 4.79 Å². The molecule has 0 fully saturated rings. The van der Waals surface area contributed by atoms with Crippen LogP contribution in [0, 0.1) is 5.92 Å². The molecule has 26 heavy (non-hydrogen) atoms. The van der Waals surface area contributed by atoms with Gasteiger partial charge in [-0.3, -0.25) is 9.59 Å². The molecule has 2 aromatic rings. The molecule has 1 aliphatic heterocycles. The quantitative estimate of drug-likeness (QED) is 0.746. The minimum atomic E-state index is -0.594. The predicted molar refractivity (Wildman–Crippen MR) is 106 cm³/mol. The molecule has 2 atom stereocenters. The molecule has 0 radical (unpaired) electrons. The molecule has 2 unspecified atom stereocenters. The van der Waals surface area contributed by atoms with E-state index in [-0.39, 0.29) is 23.8 Å². The monoisotopic (exact) mass is 436 g/mol. The van der Waals surface area contributed by atoms with Gasteiger partial charge in [0.2, 0.25) is 5.91 Å². The lowest BCUT2D eigenvalue weighted by molar-refractivity contribution is -0.124. The van der Waals surface area contributed by atoms with E-state index < -0.39 is 6.04 Å². The lowest BCUT2D eigenvalue weighted by Gasteiger charge is -2.29. The van der Waals surface area contributed by atoms with Crippen molar-refractivity contribution in [3.05, 3.63) is 50.6 Å². The van der Waals surface area contributed by atoms with Gasteiger partial charge in [-0.2, -0.15) is 0 Å². The highest BCUT2D eigenvalue weighted by molar-refractivity contribution is 9.10. The Bertz CT molecular complexity index is 792. The van der Waals surface area contributed by atoms with Crippen molar-refractivity contribution in [1.29, 1.82) is 0 Å². The van der Waals surface area contributed by atoms with Crippen LogP contribution in [-0.4, -0.2) is 24.5 Å². The van der Waals surface area contributed by atoms with Crippen molar-refractivity contribution in [2.24, 2.45) is 5.92 Å². The molecule has 1 aromatic heterocycles. The molecule has 2 N–H and O–H groups in total. The lowest BCUT2D eigenvalue weighted by atomic mass is 9.98. The number of carbonyl (C=O) groups excluding carboxylic acids is 2. The molecule has 0 saturated heterocycles. The largest absolute Gasteiger partial charge is 0.493 e. The van der Waals surface area contributed by atoms with Gasteiger partial charge in [0, 0.05) is 16.5 Å². The Morgan fingerprint density at radius 2 is 2.12 bits per heavy atom. The summed E-state index contributed by atoms with van der Waals surface area (Å²) in [6.07, 6.45) is 0.693. The van der Waals surface area contributed by atoms with Gasteiger partial charge in [0.15, 0.2) is 0 Å². The minimum Gasteiger partial charge on any atom is -0.493 e. The van der Waals surface area contributed by atoms with E-state index >= 15 is 0 Å². The number of halogens is 1. The van der Waals surface area contributed by atoms with Crippen LogP contribution in [0.5, 0.6) is 5.75 Å². The number of hydrogen-bond acceptors (Lipinski definition) is 4. The Kier molecular flexibility index (Phi) is 5.98. The summed E-state index contributed by atoms with van der Waals surface area (Å²) in [5.41, 5.74) is 0.950. The van der Waals surface area contributed by atoms with Crippen LogP contribution in [0.4, 0.5) is 0 Å². The molecule has 2 amide bonds. The fourth-order valence-electron chi connectivity index (χ4n) is 2.93. The maximum Gasteiger partial charge on any atom is 0.262 e. The van der Waals surface area contributed by atoms with Crippen LogP contribution < -0.4 is 15.4 Å². The van der Waals surface area contributed by atoms with Gasteiger partial charge >= 0.3 is 0 Å². The first kappa shape index (κ1) is 18.9. The van der Waals surface area contributed by atoms with Gasteiger partial charge in [0.25, 0.3) is 5.91 Å². The third-order valence-corrected chi connectivity index (χ3v) is 5.67. The fraction of sp³-hybridized carbons (Fsp3) is 0.368. The summed E-state index contributed by atoms with van der Waals surface area (Å²) in [6.45, 7) is 4.40. The second-order valence-corrected chi connectivity index (χ2v) is 8.42. The number of carbonyl (C=O) groups is 2. The number of amides is 2.